The standard InChI is InChI=1S/C16H16N4O2/c1-9-14-12(16(21)22)8-13(10-2-3-10)18-15(14)20(19-9)11-4-6-17-7-5-11/h4-8,10,16,21-22H,2-3H2,1H3. The fraction of sp³-hybridized carbons (Fsp3) is 0.312. The molecule has 1 aliphatic carbocycles. The van der Waals surface area contributed by atoms with Gasteiger partial charge < -0.3 is 10.2 Å². The summed E-state index contributed by atoms with van der Waals surface area (Å²) in [5.41, 5.74) is 3.63. The van der Waals surface area contributed by atoms with E-state index in [4.69, 9.17) is 4.98 Å². The Labute approximate surface area is 127 Å². The molecule has 0 aliphatic heterocycles. The third-order valence-electron chi connectivity index (χ3n) is 4.04. The van der Waals surface area contributed by atoms with E-state index in [2.05, 4.69) is 10.1 Å². The maximum absolute atomic E-state index is 9.73. The molecule has 3 aromatic heterocycles. The number of rotatable bonds is 3. The molecule has 1 fully saturated rings. The summed E-state index contributed by atoms with van der Waals surface area (Å²) < 4.78 is 1.74. The van der Waals surface area contributed by atoms with E-state index < -0.39 is 6.29 Å². The van der Waals surface area contributed by atoms with Crippen LogP contribution in [-0.2, 0) is 0 Å². The second-order valence-electron chi connectivity index (χ2n) is 5.69. The van der Waals surface area contributed by atoms with Crippen LogP contribution < -0.4 is 0 Å². The van der Waals surface area contributed by atoms with Gasteiger partial charge in [-0.05, 0) is 38.0 Å². The smallest absolute Gasteiger partial charge is 0.179 e. The molecule has 0 atom stereocenters. The van der Waals surface area contributed by atoms with Crippen LogP contribution in [0, 0.1) is 6.92 Å². The van der Waals surface area contributed by atoms with Gasteiger partial charge in [-0.15, -0.1) is 0 Å². The molecule has 1 aliphatic rings. The molecule has 3 heterocycles. The molecule has 0 amide bonds. The van der Waals surface area contributed by atoms with Crippen LogP contribution in [0.1, 0.15) is 42.0 Å². The van der Waals surface area contributed by atoms with E-state index in [-0.39, 0.29) is 0 Å². The van der Waals surface area contributed by atoms with Gasteiger partial charge in [0.25, 0.3) is 0 Å². The summed E-state index contributed by atoms with van der Waals surface area (Å²) in [5.74, 6) is 0.419. The molecule has 0 unspecified atom stereocenters. The predicted molar refractivity (Wildman–Crippen MR) is 80.6 cm³/mol. The Morgan fingerprint density at radius 2 is 1.95 bits per heavy atom. The topological polar surface area (TPSA) is 84.1 Å². The molecular weight excluding hydrogens is 280 g/mol. The molecule has 6 nitrogen and oxygen atoms in total. The van der Waals surface area contributed by atoms with E-state index in [1.807, 2.05) is 19.1 Å². The Bertz CT molecular complexity index is 838. The summed E-state index contributed by atoms with van der Waals surface area (Å²) in [5, 5.41) is 24.7. The first-order valence-electron chi connectivity index (χ1n) is 7.32. The molecule has 3 aromatic rings. The minimum atomic E-state index is -1.53. The van der Waals surface area contributed by atoms with Crippen molar-refractivity contribution >= 4 is 11.0 Å². The van der Waals surface area contributed by atoms with Crippen molar-refractivity contribution < 1.29 is 10.2 Å². The van der Waals surface area contributed by atoms with Gasteiger partial charge in [0.2, 0.25) is 0 Å². The van der Waals surface area contributed by atoms with E-state index in [1.54, 1.807) is 23.1 Å². The van der Waals surface area contributed by atoms with Gasteiger partial charge in [-0.3, -0.25) is 4.98 Å². The molecule has 0 radical (unpaired) electrons. The average molecular weight is 296 g/mol. The highest BCUT2D eigenvalue weighted by atomic mass is 16.5. The number of nitrogens with zero attached hydrogens (tertiary/aromatic N) is 4. The fourth-order valence-electron chi connectivity index (χ4n) is 2.80. The first-order valence-corrected chi connectivity index (χ1v) is 7.32. The minimum Gasteiger partial charge on any atom is -0.364 e. The molecule has 0 spiro atoms. The summed E-state index contributed by atoms with van der Waals surface area (Å²) in [7, 11) is 0. The summed E-state index contributed by atoms with van der Waals surface area (Å²) in [6.07, 6.45) is 4.07. The Morgan fingerprint density at radius 1 is 1.23 bits per heavy atom. The van der Waals surface area contributed by atoms with Gasteiger partial charge in [-0.2, -0.15) is 5.10 Å². The van der Waals surface area contributed by atoms with Crippen molar-refractivity contribution in [2.45, 2.75) is 32.0 Å². The largest absolute Gasteiger partial charge is 0.364 e. The number of hydrogen-bond acceptors (Lipinski definition) is 5. The highest BCUT2D eigenvalue weighted by molar-refractivity contribution is 5.84. The van der Waals surface area contributed by atoms with Crippen molar-refractivity contribution in [2.75, 3.05) is 0 Å². The first kappa shape index (κ1) is 13.4. The van der Waals surface area contributed by atoms with Gasteiger partial charge in [0.15, 0.2) is 11.9 Å². The molecule has 0 aromatic carbocycles. The van der Waals surface area contributed by atoms with E-state index in [0.29, 0.717) is 22.5 Å². The molecule has 112 valence electrons. The molecule has 2 N–H and O–H groups in total. The molecule has 1 saturated carbocycles. The van der Waals surface area contributed by atoms with Crippen molar-refractivity contribution in [3.05, 3.63) is 47.5 Å². The Kier molecular flexibility index (Phi) is 2.95. The minimum absolute atomic E-state index is 0.419. The second-order valence-corrected chi connectivity index (χ2v) is 5.69. The molecule has 0 bridgehead atoms. The van der Waals surface area contributed by atoms with Gasteiger partial charge >= 0.3 is 0 Å². The normalized spacial score (nSPS) is 14.9. The van der Waals surface area contributed by atoms with E-state index in [0.717, 1.165) is 29.9 Å². The van der Waals surface area contributed by atoms with Gasteiger partial charge in [-0.25, -0.2) is 9.67 Å². The number of aliphatic hydroxyl groups excluding tert-OH is 1. The van der Waals surface area contributed by atoms with Gasteiger partial charge in [0.1, 0.15) is 0 Å². The van der Waals surface area contributed by atoms with Crippen molar-refractivity contribution in [1.29, 1.82) is 0 Å². The fourth-order valence-corrected chi connectivity index (χ4v) is 2.80. The van der Waals surface area contributed by atoms with Crippen LogP contribution in [-0.4, -0.2) is 30.0 Å². The van der Waals surface area contributed by atoms with Crippen LogP contribution in [0.15, 0.2) is 30.6 Å². The van der Waals surface area contributed by atoms with Crippen LogP contribution >= 0.6 is 0 Å². The zero-order valence-electron chi connectivity index (χ0n) is 12.1. The third-order valence-corrected chi connectivity index (χ3v) is 4.04. The number of hydrogen-bond donors (Lipinski definition) is 2. The van der Waals surface area contributed by atoms with Crippen LogP contribution in [0.4, 0.5) is 0 Å². The SMILES string of the molecule is Cc1nn(-c2ccncc2)c2nc(C3CC3)cc(C(O)O)c12. The van der Waals surface area contributed by atoms with Crippen LogP contribution in [0.3, 0.4) is 0 Å². The highest BCUT2D eigenvalue weighted by Gasteiger charge is 2.28. The lowest BCUT2D eigenvalue weighted by atomic mass is 10.1. The first-order chi connectivity index (χ1) is 10.6. The number of fused-ring (bicyclic) bond motifs is 1. The predicted octanol–water partition coefficient (Wildman–Crippen LogP) is 1.98. The van der Waals surface area contributed by atoms with Crippen LogP contribution in [0.25, 0.3) is 16.7 Å². The lowest BCUT2D eigenvalue weighted by Gasteiger charge is -2.09. The van der Waals surface area contributed by atoms with Crippen LogP contribution in [0.2, 0.25) is 0 Å². The summed E-state index contributed by atoms with van der Waals surface area (Å²) in [6, 6.07) is 5.51. The molecular formula is C16H16N4O2. The van der Waals surface area contributed by atoms with E-state index in [1.165, 1.54) is 0 Å². The molecule has 0 saturated heterocycles. The van der Waals surface area contributed by atoms with Gasteiger partial charge in [0, 0.05) is 29.6 Å². The second kappa shape index (κ2) is 4.86. The maximum Gasteiger partial charge on any atom is 0.179 e. The molecule has 4 rings (SSSR count). The van der Waals surface area contributed by atoms with E-state index in [9.17, 15) is 10.2 Å². The number of aromatic nitrogens is 4. The zero-order valence-corrected chi connectivity index (χ0v) is 12.1. The van der Waals surface area contributed by atoms with Crippen molar-refractivity contribution in [3.63, 3.8) is 0 Å². The molecule has 22 heavy (non-hydrogen) atoms. The van der Waals surface area contributed by atoms with Crippen molar-refractivity contribution in [3.8, 4) is 5.69 Å². The summed E-state index contributed by atoms with van der Waals surface area (Å²) in [6.45, 7) is 1.85. The summed E-state index contributed by atoms with van der Waals surface area (Å²) in [4.78, 5) is 8.75. The average Bonchev–Trinajstić information content (AvgIpc) is 3.32. The highest BCUT2D eigenvalue weighted by Crippen LogP contribution is 2.41. The Morgan fingerprint density at radius 3 is 2.59 bits per heavy atom. The number of aryl methyl sites for hydroxylation is 1. The quantitative estimate of drug-likeness (QED) is 0.722. The van der Waals surface area contributed by atoms with Gasteiger partial charge in [0.05, 0.1) is 16.8 Å². The number of pyridine rings is 2. The monoisotopic (exact) mass is 296 g/mol. The Hall–Kier alpha value is -2.31. The Balaban J connectivity index is 2.03. The maximum atomic E-state index is 9.73. The number of aliphatic hydroxyl groups is 2. The zero-order chi connectivity index (χ0) is 15.3. The lowest BCUT2D eigenvalue weighted by molar-refractivity contribution is -0.0414. The van der Waals surface area contributed by atoms with Crippen molar-refractivity contribution in [2.24, 2.45) is 0 Å². The van der Waals surface area contributed by atoms with E-state index >= 15 is 0 Å². The van der Waals surface area contributed by atoms with Gasteiger partial charge in [-0.1, -0.05) is 0 Å². The van der Waals surface area contributed by atoms with Crippen molar-refractivity contribution in [1.82, 2.24) is 19.7 Å². The molecule has 6 heteroatoms. The summed E-state index contributed by atoms with van der Waals surface area (Å²) >= 11 is 0. The third kappa shape index (κ3) is 2.08. The van der Waals surface area contributed by atoms with Crippen LogP contribution in [0.5, 0.6) is 0 Å². The lowest BCUT2D eigenvalue weighted by Crippen LogP contribution is -2.03.